The molecule has 146 valence electrons. The smallest absolute Gasteiger partial charge is 0.262 e. The fourth-order valence-corrected chi connectivity index (χ4v) is 4.11. The molecule has 1 aliphatic heterocycles. The van der Waals surface area contributed by atoms with E-state index in [9.17, 15) is 14.4 Å². The minimum absolute atomic E-state index is 0.248. The summed E-state index contributed by atoms with van der Waals surface area (Å²) in [6.07, 6.45) is 0.741. The van der Waals surface area contributed by atoms with Gasteiger partial charge in [-0.1, -0.05) is 42.5 Å². The van der Waals surface area contributed by atoms with Crippen LogP contribution in [-0.4, -0.2) is 33.6 Å². The van der Waals surface area contributed by atoms with E-state index in [0.717, 1.165) is 22.0 Å². The number of carbonyl (C=O) groups is 3. The number of imide groups is 1. The van der Waals surface area contributed by atoms with Crippen LogP contribution in [0.3, 0.4) is 0 Å². The zero-order valence-electron chi connectivity index (χ0n) is 15.8. The topological polar surface area (TPSA) is 79.4 Å². The molecule has 1 atom stereocenters. The summed E-state index contributed by atoms with van der Waals surface area (Å²) >= 11 is 1.54. The molecule has 0 bridgehead atoms. The minimum Gasteiger partial charge on any atom is -0.349 e. The van der Waals surface area contributed by atoms with Gasteiger partial charge in [-0.3, -0.25) is 19.3 Å². The van der Waals surface area contributed by atoms with Crippen LogP contribution in [0.1, 0.15) is 43.9 Å². The van der Waals surface area contributed by atoms with Crippen LogP contribution in [0.5, 0.6) is 0 Å². The number of aromatic nitrogens is 1. The van der Waals surface area contributed by atoms with Gasteiger partial charge in [0.05, 0.1) is 28.4 Å². The summed E-state index contributed by atoms with van der Waals surface area (Å²) < 4.78 is 0. The van der Waals surface area contributed by atoms with Gasteiger partial charge < -0.3 is 5.32 Å². The van der Waals surface area contributed by atoms with Crippen LogP contribution in [0.25, 0.3) is 0 Å². The van der Waals surface area contributed by atoms with Gasteiger partial charge in [-0.25, -0.2) is 4.98 Å². The van der Waals surface area contributed by atoms with Crippen LogP contribution in [0.4, 0.5) is 0 Å². The van der Waals surface area contributed by atoms with Crippen LogP contribution in [-0.2, 0) is 17.8 Å². The van der Waals surface area contributed by atoms with Gasteiger partial charge in [-0.05, 0) is 24.6 Å². The number of benzene rings is 2. The molecule has 6 nitrogen and oxygen atoms in total. The molecule has 1 aromatic heterocycles. The molecule has 0 fully saturated rings. The molecule has 3 aromatic rings. The van der Waals surface area contributed by atoms with Crippen molar-refractivity contribution in [1.29, 1.82) is 0 Å². The number of fused-ring (bicyclic) bond motifs is 1. The van der Waals surface area contributed by atoms with Crippen LogP contribution < -0.4 is 5.32 Å². The SMILES string of the molecule is CC(C(=O)NCc1csc(Cc2ccccc2)n1)N1C(=O)c2ccccc2C1=O. The van der Waals surface area contributed by atoms with Crippen molar-refractivity contribution in [2.24, 2.45) is 0 Å². The highest BCUT2D eigenvalue weighted by atomic mass is 32.1. The third kappa shape index (κ3) is 3.82. The van der Waals surface area contributed by atoms with Crippen LogP contribution in [0.2, 0.25) is 0 Å². The Morgan fingerprint density at radius 1 is 1.03 bits per heavy atom. The average Bonchev–Trinajstić information content (AvgIpc) is 3.29. The highest BCUT2D eigenvalue weighted by Gasteiger charge is 2.40. The van der Waals surface area contributed by atoms with E-state index in [1.165, 1.54) is 5.56 Å². The molecule has 0 radical (unpaired) electrons. The van der Waals surface area contributed by atoms with Gasteiger partial charge in [-0.15, -0.1) is 11.3 Å². The van der Waals surface area contributed by atoms with E-state index < -0.39 is 23.8 Å². The van der Waals surface area contributed by atoms with Crippen LogP contribution in [0, 0.1) is 0 Å². The molecule has 4 rings (SSSR count). The van der Waals surface area contributed by atoms with E-state index in [1.807, 2.05) is 35.7 Å². The average molecular weight is 405 g/mol. The number of hydrogen-bond acceptors (Lipinski definition) is 5. The monoisotopic (exact) mass is 405 g/mol. The number of hydrogen-bond donors (Lipinski definition) is 1. The lowest BCUT2D eigenvalue weighted by molar-refractivity contribution is -0.124. The summed E-state index contributed by atoms with van der Waals surface area (Å²) in [6.45, 7) is 1.80. The largest absolute Gasteiger partial charge is 0.349 e. The maximum absolute atomic E-state index is 12.6. The molecule has 3 amide bonds. The van der Waals surface area contributed by atoms with E-state index >= 15 is 0 Å². The summed E-state index contributed by atoms with van der Waals surface area (Å²) in [5.74, 6) is -1.27. The summed E-state index contributed by atoms with van der Waals surface area (Å²) in [5, 5.41) is 5.65. The number of rotatable bonds is 6. The summed E-state index contributed by atoms with van der Waals surface area (Å²) in [5.41, 5.74) is 2.60. The fraction of sp³-hybridized carbons (Fsp3) is 0.182. The predicted octanol–water partition coefficient (Wildman–Crippen LogP) is 3.03. The highest BCUT2D eigenvalue weighted by molar-refractivity contribution is 7.09. The molecule has 0 spiro atoms. The summed E-state index contributed by atoms with van der Waals surface area (Å²) in [6, 6.07) is 15.8. The Morgan fingerprint density at radius 2 is 1.66 bits per heavy atom. The molecule has 0 saturated heterocycles. The van der Waals surface area contributed by atoms with Gasteiger partial charge in [0, 0.05) is 11.8 Å². The van der Waals surface area contributed by atoms with Crippen LogP contribution in [0.15, 0.2) is 60.0 Å². The van der Waals surface area contributed by atoms with E-state index in [2.05, 4.69) is 10.3 Å². The lowest BCUT2D eigenvalue weighted by Crippen LogP contribution is -2.47. The Labute approximate surface area is 172 Å². The van der Waals surface area contributed by atoms with Gasteiger partial charge in [0.1, 0.15) is 6.04 Å². The van der Waals surface area contributed by atoms with Crippen LogP contribution >= 0.6 is 11.3 Å². The number of thiazole rings is 1. The van der Waals surface area contributed by atoms with Crippen molar-refractivity contribution >= 4 is 29.1 Å². The summed E-state index contributed by atoms with van der Waals surface area (Å²) in [4.78, 5) is 43.2. The predicted molar refractivity (Wildman–Crippen MR) is 110 cm³/mol. The van der Waals surface area contributed by atoms with Crippen molar-refractivity contribution in [3.05, 3.63) is 87.4 Å². The van der Waals surface area contributed by atoms with E-state index in [-0.39, 0.29) is 6.54 Å². The Balaban J connectivity index is 1.37. The van der Waals surface area contributed by atoms with Gasteiger partial charge in [0.15, 0.2) is 0 Å². The lowest BCUT2D eigenvalue weighted by Gasteiger charge is -2.21. The maximum Gasteiger partial charge on any atom is 0.262 e. The lowest BCUT2D eigenvalue weighted by atomic mass is 10.1. The first-order valence-corrected chi connectivity index (χ1v) is 10.1. The van der Waals surface area contributed by atoms with Gasteiger partial charge >= 0.3 is 0 Å². The van der Waals surface area contributed by atoms with Crippen molar-refractivity contribution in [3.8, 4) is 0 Å². The second-order valence-electron chi connectivity index (χ2n) is 6.81. The fourth-order valence-electron chi connectivity index (χ4n) is 3.28. The second-order valence-corrected chi connectivity index (χ2v) is 7.76. The molecule has 2 heterocycles. The Kier molecular flexibility index (Phi) is 5.22. The van der Waals surface area contributed by atoms with Crippen molar-refractivity contribution in [2.45, 2.75) is 25.9 Å². The zero-order valence-corrected chi connectivity index (χ0v) is 16.6. The molecule has 29 heavy (non-hydrogen) atoms. The van der Waals surface area contributed by atoms with E-state index in [1.54, 1.807) is 42.5 Å². The first-order chi connectivity index (χ1) is 14.0. The molecule has 2 aromatic carbocycles. The molecule has 1 aliphatic rings. The van der Waals surface area contributed by atoms with Gasteiger partial charge in [0.25, 0.3) is 11.8 Å². The first-order valence-electron chi connectivity index (χ1n) is 9.26. The third-order valence-electron chi connectivity index (χ3n) is 4.83. The Morgan fingerprint density at radius 3 is 2.31 bits per heavy atom. The number of nitrogens with zero attached hydrogens (tertiary/aromatic N) is 2. The van der Waals surface area contributed by atoms with Crippen molar-refractivity contribution in [2.75, 3.05) is 0 Å². The van der Waals surface area contributed by atoms with E-state index in [0.29, 0.717) is 11.1 Å². The molecular formula is C22H19N3O3S. The summed E-state index contributed by atoms with van der Waals surface area (Å²) in [7, 11) is 0. The Bertz CT molecular complexity index is 1040. The first kappa shape index (κ1) is 19.0. The maximum atomic E-state index is 12.6. The van der Waals surface area contributed by atoms with E-state index in [4.69, 9.17) is 0 Å². The Hall–Kier alpha value is -3.32. The quantitative estimate of drug-likeness (QED) is 0.640. The van der Waals surface area contributed by atoms with Crippen molar-refractivity contribution < 1.29 is 14.4 Å². The standard InChI is InChI=1S/C22H19N3O3S/c1-14(25-21(27)17-9-5-6-10-18(17)22(25)28)20(26)23-12-16-13-29-19(24-16)11-15-7-3-2-4-8-15/h2-10,13-14H,11-12H2,1H3,(H,23,26). The molecular weight excluding hydrogens is 386 g/mol. The molecule has 1 unspecified atom stereocenters. The number of carbonyl (C=O) groups excluding carboxylic acids is 3. The number of amides is 3. The van der Waals surface area contributed by atoms with Crippen molar-refractivity contribution in [3.63, 3.8) is 0 Å². The number of nitrogens with one attached hydrogen (secondary N) is 1. The minimum atomic E-state index is -0.898. The second kappa shape index (κ2) is 7.97. The zero-order chi connectivity index (χ0) is 20.4. The normalized spacial score (nSPS) is 14.0. The van der Waals surface area contributed by atoms with Crippen molar-refractivity contribution in [1.82, 2.24) is 15.2 Å². The van der Waals surface area contributed by atoms with Gasteiger partial charge in [0.2, 0.25) is 5.91 Å². The molecule has 0 aliphatic carbocycles. The third-order valence-corrected chi connectivity index (χ3v) is 5.73. The highest BCUT2D eigenvalue weighted by Crippen LogP contribution is 2.24. The molecule has 1 N–H and O–H groups in total. The molecule has 0 saturated carbocycles. The van der Waals surface area contributed by atoms with Gasteiger partial charge in [-0.2, -0.15) is 0 Å². The molecule has 7 heteroatoms.